The number of likely N-dealkylation sites (N-methyl/N-ethyl adjacent to an activating group) is 1. The Bertz CT molecular complexity index is 531. The van der Waals surface area contributed by atoms with E-state index < -0.39 is 0 Å². The zero-order chi connectivity index (χ0) is 13.7. The lowest BCUT2D eigenvalue weighted by Crippen LogP contribution is -2.30. The molecule has 0 spiro atoms. The molecule has 0 amide bonds. The topological polar surface area (TPSA) is 24.9 Å². The second-order valence-electron chi connectivity index (χ2n) is 4.49. The van der Waals surface area contributed by atoms with Crippen molar-refractivity contribution in [3.8, 4) is 0 Å². The average Bonchev–Trinajstić information content (AvgIpc) is 2.43. The van der Waals surface area contributed by atoms with E-state index in [4.69, 9.17) is 11.6 Å². The van der Waals surface area contributed by atoms with Gasteiger partial charge in [0.2, 0.25) is 0 Å². The average molecular weight is 279 g/mol. The molecule has 2 rings (SSSR count). The smallest absolute Gasteiger partial charge is 0.123 e. The molecule has 1 unspecified atom stereocenters. The van der Waals surface area contributed by atoms with Gasteiger partial charge in [0.25, 0.3) is 0 Å². The van der Waals surface area contributed by atoms with E-state index in [-0.39, 0.29) is 11.9 Å². The SMILES string of the molecule is CNC(Cc1cccnc1)Cc1cc(F)ccc1Cl. The van der Waals surface area contributed by atoms with E-state index in [2.05, 4.69) is 10.3 Å². The molecule has 0 bridgehead atoms. The molecule has 4 heteroatoms. The molecule has 1 heterocycles. The van der Waals surface area contributed by atoms with Crippen LogP contribution in [0.15, 0.2) is 42.7 Å². The lowest BCUT2D eigenvalue weighted by atomic mass is 10.00. The minimum absolute atomic E-state index is 0.198. The van der Waals surface area contributed by atoms with Gasteiger partial charge in [-0.2, -0.15) is 0 Å². The summed E-state index contributed by atoms with van der Waals surface area (Å²) < 4.78 is 13.2. The van der Waals surface area contributed by atoms with E-state index in [9.17, 15) is 4.39 Å². The standard InChI is InChI=1S/C15H16ClFN2/c1-18-14(7-11-3-2-6-19-10-11)9-12-8-13(17)4-5-15(12)16/h2-6,8,10,14,18H,7,9H2,1H3. The van der Waals surface area contributed by atoms with E-state index in [1.807, 2.05) is 25.4 Å². The van der Waals surface area contributed by atoms with Crippen LogP contribution in [0.1, 0.15) is 11.1 Å². The van der Waals surface area contributed by atoms with Crippen LogP contribution >= 0.6 is 11.6 Å². The Morgan fingerprint density at radius 1 is 1.32 bits per heavy atom. The Kier molecular flexibility index (Phi) is 4.88. The number of halogens is 2. The number of hydrogen-bond acceptors (Lipinski definition) is 2. The van der Waals surface area contributed by atoms with Crippen LogP contribution in [0.5, 0.6) is 0 Å². The number of nitrogens with one attached hydrogen (secondary N) is 1. The molecule has 1 atom stereocenters. The molecular formula is C15H16ClFN2. The molecule has 0 saturated carbocycles. The summed E-state index contributed by atoms with van der Waals surface area (Å²) in [6, 6.07) is 8.62. The van der Waals surface area contributed by atoms with Gasteiger partial charge < -0.3 is 5.32 Å². The summed E-state index contributed by atoms with van der Waals surface area (Å²) >= 11 is 6.09. The van der Waals surface area contributed by atoms with Gasteiger partial charge in [0.15, 0.2) is 0 Å². The predicted octanol–water partition coefficient (Wildman–Crippen LogP) is 3.25. The zero-order valence-electron chi connectivity index (χ0n) is 10.7. The van der Waals surface area contributed by atoms with E-state index in [1.54, 1.807) is 12.3 Å². The number of hydrogen-bond donors (Lipinski definition) is 1. The van der Waals surface area contributed by atoms with E-state index in [0.717, 1.165) is 17.5 Å². The Morgan fingerprint density at radius 3 is 2.84 bits per heavy atom. The lowest BCUT2D eigenvalue weighted by Gasteiger charge is -2.17. The van der Waals surface area contributed by atoms with E-state index in [1.165, 1.54) is 12.1 Å². The van der Waals surface area contributed by atoms with Crippen LogP contribution in [0.4, 0.5) is 4.39 Å². The Morgan fingerprint density at radius 2 is 2.16 bits per heavy atom. The molecular weight excluding hydrogens is 263 g/mol. The van der Waals surface area contributed by atoms with Gasteiger partial charge in [0.05, 0.1) is 0 Å². The van der Waals surface area contributed by atoms with Gasteiger partial charge in [-0.1, -0.05) is 17.7 Å². The molecule has 100 valence electrons. The highest BCUT2D eigenvalue weighted by atomic mass is 35.5. The highest BCUT2D eigenvalue weighted by molar-refractivity contribution is 6.31. The van der Waals surface area contributed by atoms with Crippen LogP contribution in [-0.4, -0.2) is 18.1 Å². The summed E-state index contributed by atoms with van der Waals surface area (Å²) in [5, 5.41) is 3.84. The third-order valence-electron chi connectivity index (χ3n) is 3.09. The highest BCUT2D eigenvalue weighted by Gasteiger charge is 2.11. The maximum absolute atomic E-state index is 13.2. The molecule has 0 aliphatic rings. The van der Waals surface area contributed by atoms with Crippen molar-refractivity contribution in [1.82, 2.24) is 10.3 Å². The zero-order valence-corrected chi connectivity index (χ0v) is 11.5. The van der Waals surface area contributed by atoms with Crippen LogP contribution in [-0.2, 0) is 12.8 Å². The van der Waals surface area contributed by atoms with E-state index >= 15 is 0 Å². The molecule has 0 aliphatic heterocycles. The van der Waals surface area contributed by atoms with Crippen molar-refractivity contribution < 1.29 is 4.39 Å². The van der Waals surface area contributed by atoms with Crippen molar-refractivity contribution in [2.45, 2.75) is 18.9 Å². The summed E-state index contributed by atoms with van der Waals surface area (Å²) in [5.41, 5.74) is 1.97. The van der Waals surface area contributed by atoms with E-state index in [0.29, 0.717) is 11.4 Å². The van der Waals surface area contributed by atoms with Gasteiger partial charge in [-0.3, -0.25) is 4.98 Å². The second kappa shape index (κ2) is 6.64. The number of rotatable bonds is 5. The molecule has 19 heavy (non-hydrogen) atoms. The Hall–Kier alpha value is -1.45. The van der Waals surface area contributed by atoms with Gasteiger partial charge in [-0.05, 0) is 55.3 Å². The normalized spacial score (nSPS) is 12.4. The molecule has 1 aromatic heterocycles. The minimum atomic E-state index is -0.254. The maximum Gasteiger partial charge on any atom is 0.123 e. The molecule has 0 aliphatic carbocycles. The molecule has 2 aromatic rings. The number of pyridine rings is 1. The van der Waals surface area contributed by atoms with Gasteiger partial charge in [-0.15, -0.1) is 0 Å². The van der Waals surface area contributed by atoms with Gasteiger partial charge in [-0.25, -0.2) is 4.39 Å². The molecule has 0 radical (unpaired) electrons. The third-order valence-corrected chi connectivity index (χ3v) is 3.46. The summed E-state index contributed by atoms with van der Waals surface area (Å²) in [7, 11) is 1.90. The Labute approximate surface area is 117 Å². The van der Waals surface area contributed by atoms with Crippen LogP contribution in [0.2, 0.25) is 5.02 Å². The Balaban J connectivity index is 2.09. The van der Waals surface area contributed by atoms with Crippen LogP contribution < -0.4 is 5.32 Å². The summed E-state index contributed by atoms with van der Waals surface area (Å²) in [6.07, 6.45) is 5.11. The lowest BCUT2D eigenvalue weighted by molar-refractivity contribution is 0.552. The van der Waals surface area contributed by atoms with Crippen LogP contribution in [0.3, 0.4) is 0 Å². The quantitative estimate of drug-likeness (QED) is 0.908. The number of benzene rings is 1. The maximum atomic E-state index is 13.2. The first-order valence-electron chi connectivity index (χ1n) is 6.19. The summed E-state index contributed by atoms with van der Waals surface area (Å²) in [4.78, 5) is 4.10. The van der Waals surface area contributed by atoms with Crippen molar-refractivity contribution in [3.05, 3.63) is 64.7 Å². The first-order valence-corrected chi connectivity index (χ1v) is 6.57. The minimum Gasteiger partial charge on any atom is -0.316 e. The number of aromatic nitrogens is 1. The molecule has 1 aromatic carbocycles. The van der Waals surface area contributed by atoms with Gasteiger partial charge in [0.1, 0.15) is 5.82 Å². The van der Waals surface area contributed by atoms with Crippen molar-refractivity contribution in [2.24, 2.45) is 0 Å². The molecule has 2 nitrogen and oxygen atoms in total. The van der Waals surface area contributed by atoms with Gasteiger partial charge in [0, 0.05) is 23.5 Å². The van der Waals surface area contributed by atoms with Gasteiger partial charge >= 0.3 is 0 Å². The molecule has 0 saturated heterocycles. The fraction of sp³-hybridized carbons (Fsp3) is 0.267. The van der Waals surface area contributed by atoms with Crippen molar-refractivity contribution in [1.29, 1.82) is 0 Å². The first-order chi connectivity index (χ1) is 9.19. The first kappa shape index (κ1) is 14.0. The third kappa shape index (κ3) is 4.01. The van der Waals surface area contributed by atoms with Crippen molar-refractivity contribution in [3.63, 3.8) is 0 Å². The molecule has 0 fully saturated rings. The van der Waals surface area contributed by atoms with Crippen molar-refractivity contribution in [2.75, 3.05) is 7.05 Å². The van der Waals surface area contributed by atoms with Crippen LogP contribution in [0, 0.1) is 5.82 Å². The largest absolute Gasteiger partial charge is 0.316 e. The summed E-state index contributed by atoms with van der Waals surface area (Å²) in [6.45, 7) is 0. The fourth-order valence-electron chi connectivity index (χ4n) is 2.04. The monoisotopic (exact) mass is 278 g/mol. The predicted molar refractivity (Wildman–Crippen MR) is 75.9 cm³/mol. The van der Waals surface area contributed by atoms with Crippen LogP contribution in [0.25, 0.3) is 0 Å². The fourth-order valence-corrected chi connectivity index (χ4v) is 2.24. The second-order valence-corrected chi connectivity index (χ2v) is 4.90. The molecule has 1 N–H and O–H groups in total. The highest BCUT2D eigenvalue weighted by Crippen LogP contribution is 2.19. The number of nitrogens with zero attached hydrogens (tertiary/aromatic N) is 1. The van der Waals surface area contributed by atoms with Crippen molar-refractivity contribution >= 4 is 11.6 Å². The summed E-state index contributed by atoms with van der Waals surface area (Å²) in [5.74, 6) is -0.254.